The molecule has 0 fully saturated rings. The van der Waals surface area contributed by atoms with Crippen molar-refractivity contribution < 1.29 is 5.11 Å². The predicted octanol–water partition coefficient (Wildman–Crippen LogP) is 3.13. The van der Waals surface area contributed by atoms with Gasteiger partial charge in [0.25, 0.3) is 0 Å². The zero-order valence-electron chi connectivity index (χ0n) is 11.9. The topological polar surface area (TPSA) is 47.9 Å². The van der Waals surface area contributed by atoms with Gasteiger partial charge in [-0.3, -0.25) is 5.43 Å². The van der Waals surface area contributed by atoms with Gasteiger partial charge in [-0.05, 0) is 43.4 Å². The van der Waals surface area contributed by atoms with Crippen molar-refractivity contribution in [2.75, 3.05) is 11.9 Å². The normalized spacial score (nSPS) is 11.0. The summed E-state index contributed by atoms with van der Waals surface area (Å²) in [6.07, 6.45) is 0. The van der Waals surface area contributed by atoms with E-state index in [9.17, 15) is 5.11 Å². The van der Waals surface area contributed by atoms with Crippen LogP contribution >= 0.6 is 12.2 Å². The van der Waals surface area contributed by atoms with Crippen LogP contribution in [0.1, 0.15) is 12.5 Å². The summed E-state index contributed by atoms with van der Waals surface area (Å²) in [7, 11) is 1.87. The maximum absolute atomic E-state index is 9.78. The number of nitrogens with one attached hydrogen (secondary N) is 1. The third-order valence-corrected chi connectivity index (χ3v) is 3.43. The van der Waals surface area contributed by atoms with Crippen LogP contribution in [0.3, 0.4) is 0 Å². The number of anilines is 1. The minimum Gasteiger partial charge on any atom is -0.507 e. The van der Waals surface area contributed by atoms with E-state index in [1.54, 1.807) is 18.2 Å². The fourth-order valence-electron chi connectivity index (χ4n) is 1.82. The molecule has 21 heavy (non-hydrogen) atoms. The lowest BCUT2D eigenvalue weighted by Gasteiger charge is -2.19. The highest BCUT2D eigenvalue weighted by Gasteiger charge is 2.07. The highest BCUT2D eigenvalue weighted by Crippen LogP contribution is 2.16. The minimum absolute atomic E-state index is 0.197. The zero-order chi connectivity index (χ0) is 15.2. The Labute approximate surface area is 129 Å². The van der Waals surface area contributed by atoms with Crippen molar-refractivity contribution in [3.63, 3.8) is 0 Å². The van der Waals surface area contributed by atoms with Gasteiger partial charge >= 0.3 is 0 Å². The molecule has 2 N–H and O–H groups in total. The smallest absolute Gasteiger partial charge is 0.193 e. The van der Waals surface area contributed by atoms with Crippen LogP contribution in [-0.4, -0.2) is 23.0 Å². The molecule has 0 bridgehead atoms. The van der Waals surface area contributed by atoms with Gasteiger partial charge in [0.1, 0.15) is 5.75 Å². The molecular formula is C16H17N3OS. The Bertz CT molecular complexity index is 656. The fraction of sp³-hybridized carbons (Fsp3) is 0.125. The SMILES string of the molecule is C/C(=N\NC(=S)N(C)c1ccccc1)c1ccccc1O. The molecule has 0 unspecified atom stereocenters. The van der Waals surface area contributed by atoms with Gasteiger partial charge in [-0.25, -0.2) is 0 Å². The van der Waals surface area contributed by atoms with Gasteiger partial charge in [0.15, 0.2) is 5.11 Å². The molecule has 0 aliphatic heterocycles. The number of thiocarbonyl (C=S) groups is 1. The van der Waals surface area contributed by atoms with Gasteiger partial charge in [-0.15, -0.1) is 0 Å². The molecule has 0 radical (unpaired) electrons. The van der Waals surface area contributed by atoms with E-state index in [1.165, 1.54) is 0 Å². The van der Waals surface area contributed by atoms with Crippen LogP contribution in [-0.2, 0) is 0 Å². The van der Waals surface area contributed by atoms with Crippen molar-refractivity contribution in [1.29, 1.82) is 0 Å². The number of phenolic OH excluding ortho intramolecular Hbond substituents is 1. The summed E-state index contributed by atoms with van der Waals surface area (Å²) in [5, 5.41) is 14.5. The monoisotopic (exact) mass is 299 g/mol. The van der Waals surface area contributed by atoms with Crippen LogP contribution in [0.15, 0.2) is 59.7 Å². The molecule has 108 valence electrons. The Morgan fingerprint density at radius 2 is 1.71 bits per heavy atom. The summed E-state index contributed by atoms with van der Waals surface area (Å²) in [4.78, 5) is 1.83. The highest BCUT2D eigenvalue weighted by atomic mass is 32.1. The third-order valence-electron chi connectivity index (χ3n) is 3.06. The summed E-state index contributed by atoms with van der Waals surface area (Å²) >= 11 is 5.31. The zero-order valence-corrected chi connectivity index (χ0v) is 12.8. The van der Waals surface area contributed by atoms with Gasteiger partial charge in [0.05, 0.1) is 5.71 Å². The first kappa shape index (κ1) is 15.0. The number of aromatic hydroxyl groups is 1. The molecule has 2 rings (SSSR count). The molecule has 2 aromatic rings. The Balaban J connectivity index is 2.07. The molecule has 0 saturated heterocycles. The van der Waals surface area contributed by atoms with Gasteiger partial charge in [0.2, 0.25) is 0 Å². The summed E-state index contributed by atoms with van der Waals surface area (Å²) in [6.45, 7) is 1.81. The lowest BCUT2D eigenvalue weighted by molar-refractivity contribution is 0.474. The van der Waals surface area contributed by atoms with Gasteiger partial charge < -0.3 is 10.0 Å². The van der Waals surface area contributed by atoms with E-state index < -0.39 is 0 Å². The lowest BCUT2D eigenvalue weighted by atomic mass is 10.1. The second-order valence-corrected chi connectivity index (χ2v) is 4.91. The van der Waals surface area contributed by atoms with E-state index >= 15 is 0 Å². The number of hydrogen-bond acceptors (Lipinski definition) is 3. The average Bonchev–Trinajstić information content (AvgIpc) is 2.52. The summed E-state index contributed by atoms with van der Waals surface area (Å²) in [6, 6.07) is 16.8. The fourth-order valence-corrected chi connectivity index (χ4v) is 1.97. The van der Waals surface area contributed by atoms with Crippen molar-refractivity contribution in [3.8, 4) is 5.75 Å². The van der Waals surface area contributed by atoms with Gasteiger partial charge in [0, 0.05) is 18.3 Å². The van der Waals surface area contributed by atoms with Crippen LogP contribution in [0.25, 0.3) is 0 Å². The molecule has 0 aliphatic carbocycles. The number of hydrazone groups is 1. The number of nitrogens with zero attached hydrogens (tertiary/aromatic N) is 2. The first-order valence-electron chi connectivity index (χ1n) is 6.51. The molecule has 4 nitrogen and oxygen atoms in total. The van der Waals surface area contributed by atoms with Gasteiger partial charge in [-0.2, -0.15) is 5.10 Å². The molecule has 0 saturated carbocycles. The van der Waals surface area contributed by atoms with Crippen molar-refractivity contribution in [2.45, 2.75) is 6.92 Å². The number of para-hydroxylation sites is 2. The second-order valence-electron chi connectivity index (χ2n) is 4.53. The molecular weight excluding hydrogens is 282 g/mol. The molecule has 0 atom stereocenters. The molecule has 0 amide bonds. The molecule has 0 spiro atoms. The molecule has 0 heterocycles. The van der Waals surface area contributed by atoms with E-state index in [2.05, 4.69) is 10.5 Å². The third kappa shape index (κ3) is 3.79. The van der Waals surface area contributed by atoms with Crippen LogP contribution in [0.4, 0.5) is 5.69 Å². The van der Waals surface area contributed by atoms with E-state index in [0.717, 1.165) is 5.69 Å². The molecule has 5 heteroatoms. The van der Waals surface area contributed by atoms with Crippen LogP contribution in [0.5, 0.6) is 5.75 Å². The van der Waals surface area contributed by atoms with Crippen LogP contribution in [0.2, 0.25) is 0 Å². The lowest BCUT2D eigenvalue weighted by Crippen LogP contribution is -2.34. The summed E-state index contributed by atoms with van der Waals surface area (Å²) < 4.78 is 0. The van der Waals surface area contributed by atoms with Crippen molar-refractivity contribution in [3.05, 3.63) is 60.2 Å². The van der Waals surface area contributed by atoms with Crippen LogP contribution < -0.4 is 10.3 Å². The van der Waals surface area contributed by atoms with E-state index in [4.69, 9.17) is 12.2 Å². The quantitative estimate of drug-likeness (QED) is 0.519. The Hall–Kier alpha value is -2.40. The maximum atomic E-state index is 9.78. The number of benzene rings is 2. The predicted molar refractivity (Wildman–Crippen MR) is 90.9 cm³/mol. The first-order valence-corrected chi connectivity index (χ1v) is 6.92. The molecule has 2 aromatic carbocycles. The summed E-state index contributed by atoms with van der Waals surface area (Å²) in [5.74, 6) is 0.197. The molecule has 0 aliphatic rings. The Morgan fingerprint density at radius 3 is 2.38 bits per heavy atom. The van der Waals surface area contributed by atoms with Gasteiger partial charge in [-0.1, -0.05) is 30.3 Å². The minimum atomic E-state index is 0.197. The number of rotatable bonds is 3. The molecule has 0 aromatic heterocycles. The van der Waals surface area contributed by atoms with Crippen molar-refractivity contribution >= 4 is 28.7 Å². The second kappa shape index (κ2) is 6.85. The van der Waals surface area contributed by atoms with E-state index in [0.29, 0.717) is 16.4 Å². The Kier molecular flexibility index (Phi) is 4.90. The average molecular weight is 299 g/mol. The van der Waals surface area contributed by atoms with E-state index in [-0.39, 0.29) is 5.75 Å². The highest BCUT2D eigenvalue weighted by molar-refractivity contribution is 7.80. The largest absolute Gasteiger partial charge is 0.507 e. The number of phenols is 1. The van der Waals surface area contributed by atoms with Crippen molar-refractivity contribution in [2.24, 2.45) is 5.10 Å². The maximum Gasteiger partial charge on any atom is 0.193 e. The first-order chi connectivity index (χ1) is 10.1. The summed E-state index contributed by atoms with van der Waals surface area (Å²) in [5.41, 5.74) is 5.16. The standard InChI is InChI=1S/C16H17N3OS/c1-12(14-10-6-7-11-15(14)20)17-18-16(21)19(2)13-8-4-3-5-9-13/h3-11,20H,1-2H3,(H,18,21)/b17-12+. The number of hydrogen-bond donors (Lipinski definition) is 2. The van der Waals surface area contributed by atoms with E-state index in [1.807, 2.05) is 55.3 Å². The Morgan fingerprint density at radius 1 is 1.10 bits per heavy atom. The van der Waals surface area contributed by atoms with Crippen molar-refractivity contribution in [1.82, 2.24) is 5.43 Å². The van der Waals surface area contributed by atoms with Crippen LogP contribution in [0, 0.1) is 0 Å².